The number of hydrogen-bond donors (Lipinski definition) is 2. The largest absolute Gasteiger partial charge is 0.347 e. The maximum Gasteiger partial charge on any atom is 0.268 e. The molecule has 1 spiro atoms. The lowest BCUT2D eigenvalue weighted by atomic mass is 9.71. The molecule has 1 aromatic heterocycles. The highest BCUT2D eigenvalue weighted by Gasteiger charge is 2.48. The molecule has 8 nitrogen and oxygen atoms in total. The molecule has 3 aliphatic rings. The molecule has 41 heavy (non-hydrogen) atoms. The molecule has 3 aromatic rings. The third kappa shape index (κ3) is 5.66. The van der Waals surface area contributed by atoms with Crippen molar-refractivity contribution in [3.8, 4) is 0 Å². The Morgan fingerprint density at radius 3 is 2.24 bits per heavy atom. The van der Waals surface area contributed by atoms with E-state index in [2.05, 4.69) is 38.3 Å². The number of hydrogen-bond acceptors (Lipinski definition) is 4. The lowest BCUT2D eigenvalue weighted by molar-refractivity contribution is -0.116. The van der Waals surface area contributed by atoms with Crippen LogP contribution in [0.5, 0.6) is 0 Å². The Morgan fingerprint density at radius 1 is 0.902 bits per heavy atom. The van der Waals surface area contributed by atoms with Gasteiger partial charge in [0, 0.05) is 63.6 Å². The zero-order chi connectivity index (χ0) is 28.6. The van der Waals surface area contributed by atoms with Crippen LogP contribution in [0.2, 0.25) is 0 Å². The first-order valence-electron chi connectivity index (χ1n) is 14.7. The van der Waals surface area contributed by atoms with E-state index in [0.717, 1.165) is 56.6 Å². The van der Waals surface area contributed by atoms with Crippen molar-refractivity contribution in [3.05, 3.63) is 88.7 Å². The van der Waals surface area contributed by atoms with Crippen molar-refractivity contribution in [2.24, 2.45) is 5.92 Å². The van der Waals surface area contributed by atoms with Crippen molar-refractivity contribution in [2.45, 2.75) is 63.7 Å². The molecule has 0 radical (unpaired) electrons. The summed E-state index contributed by atoms with van der Waals surface area (Å²) in [6, 6.07) is 19.7. The molecule has 2 fully saturated rings. The van der Waals surface area contributed by atoms with Crippen molar-refractivity contribution in [1.82, 2.24) is 19.7 Å². The number of benzene rings is 2. The maximum atomic E-state index is 13.3. The van der Waals surface area contributed by atoms with Gasteiger partial charge in [-0.05, 0) is 85.5 Å². The van der Waals surface area contributed by atoms with Crippen LogP contribution < -0.4 is 10.6 Å². The fourth-order valence-electron chi connectivity index (χ4n) is 6.23. The van der Waals surface area contributed by atoms with Gasteiger partial charge in [-0.3, -0.25) is 19.3 Å². The molecule has 2 heterocycles. The summed E-state index contributed by atoms with van der Waals surface area (Å²) in [4.78, 5) is 41.8. The van der Waals surface area contributed by atoms with E-state index >= 15 is 0 Å². The van der Waals surface area contributed by atoms with E-state index in [4.69, 9.17) is 0 Å². The van der Waals surface area contributed by atoms with E-state index in [1.54, 1.807) is 19.0 Å². The number of aromatic nitrogens is 1. The molecule has 6 rings (SSSR count). The van der Waals surface area contributed by atoms with Gasteiger partial charge in [0.1, 0.15) is 5.69 Å². The zero-order valence-electron chi connectivity index (χ0n) is 24.0. The molecule has 3 amide bonds. The monoisotopic (exact) mass is 553 g/mol. The Morgan fingerprint density at radius 2 is 1.61 bits per heavy atom. The van der Waals surface area contributed by atoms with Gasteiger partial charge >= 0.3 is 0 Å². The Balaban J connectivity index is 1.08. The summed E-state index contributed by atoms with van der Waals surface area (Å²) in [6.07, 6.45) is 6.26. The summed E-state index contributed by atoms with van der Waals surface area (Å²) in [5, 5.41) is 6.05. The second-order valence-electron chi connectivity index (χ2n) is 12.0. The minimum absolute atomic E-state index is 0.0123. The zero-order valence-corrected chi connectivity index (χ0v) is 24.0. The Labute approximate surface area is 241 Å². The normalized spacial score (nSPS) is 17.4. The molecule has 2 aliphatic carbocycles. The van der Waals surface area contributed by atoms with E-state index in [0.29, 0.717) is 30.1 Å². The number of carbonyl (C=O) groups excluding carboxylic acids is 3. The van der Waals surface area contributed by atoms with E-state index in [-0.39, 0.29) is 23.3 Å². The summed E-state index contributed by atoms with van der Waals surface area (Å²) in [6.45, 7) is 2.88. The van der Waals surface area contributed by atoms with Crippen LogP contribution in [0.25, 0.3) is 0 Å². The first kappa shape index (κ1) is 27.3. The number of carbonyl (C=O) groups is 3. The number of amides is 3. The molecule has 2 N–H and O–H groups in total. The van der Waals surface area contributed by atoms with E-state index < -0.39 is 0 Å². The average molecular weight is 554 g/mol. The third-order valence-corrected chi connectivity index (χ3v) is 8.91. The second kappa shape index (κ2) is 11.2. The predicted octanol–water partition coefficient (Wildman–Crippen LogP) is 4.75. The van der Waals surface area contributed by atoms with Gasteiger partial charge in [-0.25, -0.2) is 0 Å². The van der Waals surface area contributed by atoms with Gasteiger partial charge in [0.05, 0.1) is 5.54 Å². The summed E-state index contributed by atoms with van der Waals surface area (Å²) >= 11 is 0. The van der Waals surface area contributed by atoms with Gasteiger partial charge in [-0.15, -0.1) is 0 Å². The first-order chi connectivity index (χ1) is 19.8. The smallest absolute Gasteiger partial charge is 0.268 e. The second-order valence-corrected chi connectivity index (χ2v) is 12.0. The van der Waals surface area contributed by atoms with E-state index in [1.165, 1.54) is 17.7 Å². The number of nitrogens with one attached hydrogen (secondary N) is 2. The van der Waals surface area contributed by atoms with E-state index in [1.807, 2.05) is 42.5 Å². The number of rotatable bonds is 9. The van der Waals surface area contributed by atoms with Crippen LogP contribution in [0.15, 0.2) is 60.7 Å². The number of anilines is 1. The van der Waals surface area contributed by atoms with Crippen molar-refractivity contribution < 1.29 is 14.4 Å². The standard InChI is InChI=1S/C33H39N5O3/c1-36(2)32(41)26-10-6-25(7-11-26)22-37-18-19-38-28(14-15-29(38)33(37)16-3-17-33)31(40)34-21-24-8-12-27(13-9-24)35-30(39)20-23-4-5-23/h6-15,23H,3-5,16-22H2,1-2H3,(H,34,40)(H,35,39). The highest BCUT2D eigenvalue weighted by Crippen LogP contribution is 2.49. The Bertz CT molecular complexity index is 1430. The summed E-state index contributed by atoms with van der Waals surface area (Å²) in [5.74, 6) is 0.578. The van der Waals surface area contributed by atoms with Gasteiger partial charge < -0.3 is 20.1 Å². The Kier molecular flexibility index (Phi) is 7.43. The lowest BCUT2D eigenvalue weighted by Crippen LogP contribution is -2.56. The van der Waals surface area contributed by atoms with Crippen molar-refractivity contribution >= 4 is 23.4 Å². The van der Waals surface area contributed by atoms with Crippen molar-refractivity contribution in [3.63, 3.8) is 0 Å². The van der Waals surface area contributed by atoms with Crippen LogP contribution in [0.3, 0.4) is 0 Å². The van der Waals surface area contributed by atoms with Gasteiger partial charge in [-0.1, -0.05) is 24.3 Å². The van der Waals surface area contributed by atoms with Gasteiger partial charge in [0.2, 0.25) is 5.91 Å². The summed E-state index contributed by atoms with van der Waals surface area (Å²) in [5.41, 5.74) is 5.56. The number of fused-ring (bicyclic) bond motifs is 2. The molecule has 2 saturated carbocycles. The summed E-state index contributed by atoms with van der Waals surface area (Å²) in [7, 11) is 3.54. The summed E-state index contributed by atoms with van der Waals surface area (Å²) < 4.78 is 2.21. The SMILES string of the molecule is CN(C)C(=O)c1ccc(CN2CCn3c(C(=O)NCc4ccc(NC(=O)CC5CC5)cc4)ccc3C23CCC3)cc1. The highest BCUT2D eigenvalue weighted by atomic mass is 16.2. The van der Waals surface area contributed by atoms with Gasteiger partial charge in [0.25, 0.3) is 11.8 Å². The fraction of sp³-hybridized carbons (Fsp3) is 0.424. The fourth-order valence-corrected chi connectivity index (χ4v) is 6.23. The highest BCUT2D eigenvalue weighted by molar-refractivity contribution is 5.94. The predicted molar refractivity (Wildman–Crippen MR) is 158 cm³/mol. The molecule has 2 aromatic carbocycles. The number of nitrogens with zero attached hydrogens (tertiary/aromatic N) is 3. The van der Waals surface area contributed by atoms with Crippen LogP contribution in [0.4, 0.5) is 5.69 Å². The lowest BCUT2D eigenvalue weighted by Gasteiger charge is -2.53. The molecule has 214 valence electrons. The van der Waals surface area contributed by atoms with E-state index in [9.17, 15) is 14.4 Å². The van der Waals surface area contributed by atoms with Crippen LogP contribution in [0, 0.1) is 5.92 Å². The van der Waals surface area contributed by atoms with Gasteiger partial charge in [0.15, 0.2) is 0 Å². The quantitative estimate of drug-likeness (QED) is 0.400. The molecule has 0 saturated heterocycles. The van der Waals surface area contributed by atoms with Crippen molar-refractivity contribution in [1.29, 1.82) is 0 Å². The topological polar surface area (TPSA) is 86.7 Å². The molecule has 0 atom stereocenters. The maximum absolute atomic E-state index is 13.3. The molecule has 0 unspecified atom stereocenters. The minimum Gasteiger partial charge on any atom is -0.347 e. The first-order valence-corrected chi connectivity index (χ1v) is 14.7. The van der Waals surface area contributed by atoms with Crippen LogP contribution >= 0.6 is 0 Å². The Hall–Kier alpha value is -3.91. The third-order valence-electron chi connectivity index (χ3n) is 8.91. The molecule has 0 bridgehead atoms. The molecule has 8 heteroatoms. The van der Waals surface area contributed by atoms with Crippen LogP contribution in [-0.4, -0.2) is 52.7 Å². The van der Waals surface area contributed by atoms with Crippen molar-refractivity contribution in [2.75, 3.05) is 26.0 Å². The molecule has 1 aliphatic heterocycles. The van der Waals surface area contributed by atoms with Gasteiger partial charge in [-0.2, -0.15) is 0 Å². The molecular formula is C33H39N5O3. The van der Waals surface area contributed by atoms with Crippen LogP contribution in [-0.2, 0) is 30.0 Å². The molecular weight excluding hydrogens is 514 g/mol. The van der Waals surface area contributed by atoms with Crippen LogP contribution in [0.1, 0.15) is 76.2 Å². The average Bonchev–Trinajstić information content (AvgIpc) is 3.65. The minimum atomic E-state index is -0.0675.